The number of amides is 2. The maximum Gasteiger partial charge on any atom is 0.244 e. The van der Waals surface area contributed by atoms with E-state index in [1.807, 2.05) is 36.4 Å². The molecule has 2 amide bonds. The number of carbonyl (C=O) groups is 2. The van der Waals surface area contributed by atoms with E-state index in [-0.39, 0.29) is 18.4 Å². The smallest absolute Gasteiger partial charge is 0.244 e. The molecule has 3 rings (SSSR count). The summed E-state index contributed by atoms with van der Waals surface area (Å²) >= 11 is 3.38. The molecule has 6 heteroatoms. The molecule has 0 saturated heterocycles. The number of anilines is 2. The second-order valence-corrected chi connectivity index (χ2v) is 6.43. The molecule has 0 fully saturated rings. The lowest BCUT2D eigenvalue weighted by atomic mass is 10.2. The van der Waals surface area contributed by atoms with Gasteiger partial charge in [-0.2, -0.15) is 0 Å². The second-order valence-electron chi connectivity index (χ2n) is 5.51. The fourth-order valence-electron chi connectivity index (χ4n) is 2.57. The van der Waals surface area contributed by atoms with Crippen LogP contribution >= 0.6 is 15.9 Å². The maximum absolute atomic E-state index is 12.5. The van der Waals surface area contributed by atoms with Crippen LogP contribution in [0.4, 0.5) is 11.4 Å². The number of nitrogens with zero attached hydrogens (tertiary/aromatic N) is 2. The van der Waals surface area contributed by atoms with Crippen molar-refractivity contribution in [3.8, 4) is 0 Å². The minimum Gasteiger partial charge on any atom is -0.323 e. The number of nitrogens with one attached hydrogen (secondary N) is 1. The maximum atomic E-state index is 12.5. The zero-order chi connectivity index (χ0) is 17.8. The van der Waals surface area contributed by atoms with Crippen LogP contribution < -0.4 is 10.2 Å². The van der Waals surface area contributed by atoms with Gasteiger partial charge in [0, 0.05) is 28.7 Å². The van der Waals surface area contributed by atoms with Crippen LogP contribution in [0.15, 0.2) is 65.3 Å². The van der Waals surface area contributed by atoms with E-state index in [0.29, 0.717) is 11.4 Å². The van der Waals surface area contributed by atoms with E-state index in [2.05, 4.69) is 26.2 Å². The van der Waals surface area contributed by atoms with E-state index in [0.717, 1.165) is 15.4 Å². The summed E-state index contributed by atoms with van der Waals surface area (Å²) in [5.74, 6) is -0.488. The lowest BCUT2D eigenvalue weighted by molar-refractivity contribution is -0.120. The molecule has 25 heavy (non-hydrogen) atoms. The van der Waals surface area contributed by atoms with Crippen molar-refractivity contribution < 1.29 is 9.59 Å². The molecule has 0 aliphatic rings. The summed E-state index contributed by atoms with van der Waals surface area (Å²) < 4.78 is 0.843. The van der Waals surface area contributed by atoms with E-state index in [1.165, 1.54) is 11.8 Å². The van der Waals surface area contributed by atoms with Gasteiger partial charge < -0.3 is 10.2 Å². The number of rotatable bonds is 4. The van der Waals surface area contributed by atoms with Crippen molar-refractivity contribution in [2.45, 2.75) is 6.92 Å². The predicted octanol–water partition coefficient (Wildman–Crippen LogP) is 3.99. The number of halogens is 1. The Morgan fingerprint density at radius 3 is 2.64 bits per heavy atom. The van der Waals surface area contributed by atoms with Gasteiger partial charge in [0.25, 0.3) is 0 Å². The van der Waals surface area contributed by atoms with Gasteiger partial charge in [0.05, 0.1) is 11.2 Å². The molecule has 1 N–H and O–H groups in total. The van der Waals surface area contributed by atoms with E-state index in [9.17, 15) is 9.59 Å². The molecule has 0 aliphatic heterocycles. The minimum atomic E-state index is -0.284. The van der Waals surface area contributed by atoms with Crippen LogP contribution in [0.1, 0.15) is 6.92 Å². The molecule has 0 spiro atoms. The number of hydrogen-bond acceptors (Lipinski definition) is 3. The largest absolute Gasteiger partial charge is 0.323 e. The van der Waals surface area contributed by atoms with Crippen LogP contribution in [0, 0.1) is 0 Å². The minimum absolute atomic E-state index is 0.0744. The Morgan fingerprint density at radius 1 is 1.12 bits per heavy atom. The Kier molecular flexibility index (Phi) is 5.09. The summed E-state index contributed by atoms with van der Waals surface area (Å²) in [6.45, 7) is 1.36. The Labute approximate surface area is 153 Å². The average Bonchev–Trinajstić information content (AvgIpc) is 2.60. The van der Waals surface area contributed by atoms with Crippen molar-refractivity contribution in [2.75, 3.05) is 16.8 Å². The highest BCUT2D eigenvalue weighted by atomic mass is 79.9. The fraction of sp³-hybridized carbons (Fsp3) is 0.105. The topological polar surface area (TPSA) is 62.3 Å². The van der Waals surface area contributed by atoms with Crippen molar-refractivity contribution in [3.05, 3.63) is 65.3 Å². The zero-order valence-corrected chi connectivity index (χ0v) is 15.2. The molecule has 0 atom stereocenters. The summed E-state index contributed by atoms with van der Waals surface area (Å²) in [6.07, 6.45) is 1.68. The van der Waals surface area contributed by atoms with Gasteiger partial charge in [-0.25, -0.2) is 0 Å². The summed E-state index contributed by atoms with van der Waals surface area (Å²) in [6, 6.07) is 16.6. The van der Waals surface area contributed by atoms with Crippen LogP contribution in [0.3, 0.4) is 0 Å². The monoisotopic (exact) mass is 397 g/mol. The molecule has 1 heterocycles. The molecule has 1 aromatic heterocycles. The molecular formula is C19H16BrN3O2. The third-order valence-corrected chi connectivity index (χ3v) is 4.20. The van der Waals surface area contributed by atoms with Gasteiger partial charge in [0.2, 0.25) is 11.8 Å². The van der Waals surface area contributed by atoms with Crippen LogP contribution in [0.5, 0.6) is 0 Å². The molecule has 3 aromatic rings. The van der Waals surface area contributed by atoms with Crippen LogP contribution in [-0.4, -0.2) is 23.3 Å². The van der Waals surface area contributed by atoms with Crippen molar-refractivity contribution in [3.63, 3.8) is 0 Å². The first kappa shape index (κ1) is 17.1. The van der Waals surface area contributed by atoms with E-state index < -0.39 is 0 Å². The van der Waals surface area contributed by atoms with Gasteiger partial charge in [0.15, 0.2) is 0 Å². The van der Waals surface area contributed by atoms with Crippen molar-refractivity contribution in [1.82, 2.24) is 4.98 Å². The van der Waals surface area contributed by atoms with Gasteiger partial charge in [0.1, 0.15) is 6.54 Å². The number of para-hydroxylation sites is 1. The van der Waals surface area contributed by atoms with Crippen LogP contribution in [-0.2, 0) is 9.59 Å². The first-order chi connectivity index (χ1) is 12.0. The number of benzene rings is 2. The predicted molar refractivity (Wildman–Crippen MR) is 103 cm³/mol. The molecule has 5 nitrogen and oxygen atoms in total. The molecule has 0 aliphatic carbocycles. The highest BCUT2D eigenvalue weighted by Gasteiger charge is 2.17. The molecule has 0 unspecified atom stereocenters. The summed E-state index contributed by atoms with van der Waals surface area (Å²) in [4.78, 5) is 30.2. The van der Waals surface area contributed by atoms with E-state index in [4.69, 9.17) is 0 Å². The van der Waals surface area contributed by atoms with Gasteiger partial charge in [-0.3, -0.25) is 14.6 Å². The van der Waals surface area contributed by atoms with Crippen molar-refractivity contribution in [2.24, 2.45) is 0 Å². The van der Waals surface area contributed by atoms with Crippen LogP contribution in [0.2, 0.25) is 0 Å². The van der Waals surface area contributed by atoms with E-state index >= 15 is 0 Å². The number of pyridine rings is 1. The van der Waals surface area contributed by atoms with Gasteiger partial charge in [-0.05, 0) is 30.3 Å². The Hall–Kier alpha value is -2.73. The summed E-state index contributed by atoms with van der Waals surface area (Å²) in [5.41, 5.74) is 2.00. The first-order valence-electron chi connectivity index (χ1n) is 7.72. The van der Waals surface area contributed by atoms with Crippen molar-refractivity contribution >= 4 is 50.0 Å². The van der Waals surface area contributed by atoms with Gasteiger partial charge in [-0.15, -0.1) is 0 Å². The highest BCUT2D eigenvalue weighted by molar-refractivity contribution is 9.10. The number of fused-ring (bicyclic) bond motifs is 1. The lowest BCUT2D eigenvalue weighted by Gasteiger charge is -2.21. The SMILES string of the molecule is CC(=O)N(CC(=O)Nc1cccc2cccnc12)c1cccc(Br)c1. The molecule has 0 bridgehead atoms. The standard InChI is InChI=1S/C19H16BrN3O2/c1-13(24)23(16-8-3-7-15(20)11-16)12-18(25)22-17-9-2-5-14-6-4-10-21-19(14)17/h2-11H,12H2,1H3,(H,22,25). The Balaban J connectivity index is 1.81. The highest BCUT2D eigenvalue weighted by Crippen LogP contribution is 2.22. The first-order valence-corrected chi connectivity index (χ1v) is 8.51. The normalized spacial score (nSPS) is 10.5. The van der Waals surface area contributed by atoms with Crippen molar-refractivity contribution in [1.29, 1.82) is 0 Å². The molecule has 0 saturated carbocycles. The molecule has 126 valence electrons. The summed E-state index contributed by atoms with van der Waals surface area (Å²) in [5, 5.41) is 3.79. The number of aromatic nitrogens is 1. The molecule has 2 aromatic carbocycles. The molecule has 0 radical (unpaired) electrons. The Bertz CT molecular complexity index is 937. The summed E-state index contributed by atoms with van der Waals surface area (Å²) in [7, 11) is 0. The second kappa shape index (κ2) is 7.44. The quantitative estimate of drug-likeness (QED) is 0.723. The Morgan fingerprint density at radius 2 is 1.88 bits per heavy atom. The third kappa shape index (κ3) is 4.03. The van der Waals surface area contributed by atoms with Gasteiger partial charge >= 0.3 is 0 Å². The third-order valence-electron chi connectivity index (χ3n) is 3.71. The zero-order valence-electron chi connectivity index (χ0n) is 13.6. The fourth-order valence-corrected chi connectivity index (χ4v) is 2.95. The lowest BCUT2D eigenvalue weighted by Crippen LogP contribution is -2.36. The van der Waals surface area contributed by atoms with Gasteiger partial charge in [-0.1, -0.05) is 40.2 Å². The number of carbonyl (C=O) groups excluding carboxylic acids is 2. The van der Waals surface area contributed by atoms with Crippen LogP contribution in [0.25, 0.3) is 10.9 Å². The number of hydrogen-bond donors (Lipinski definition) is 1. The molecular weight excluding hydrogens is 382 g/mol. The van der Waals surface area contributed by atoms with E-state index in [1.54, 1.807) is 24.4 Å². The average molecular weight is 398 g/mol.